The van der Waals surface area contributed by atoms with E-state index in [-0.39, 0.29) is 5.91 Å². The minimum atomic E-state index is -0.0394. The minimum absolute atomic E-state index is 0.0394. The maximum Gasteiger partial charge on any atom is 0.216 e. The van der Waals surface area contributed by atoms with Gasteiger partial charge in [-0.15, -0.1) is 0 Å². The Hall–Kier alpha value is -2.28. The average molecular weight is 244 g/mol. The van der Waals surface area contributed by atoms with Crippen molar-refractivity contribution in [2.45, 2.75) is 13.3 Å². The van der Waals surface area contributed by atoms with E-state index in [1.54, 1.807) is 13.2 Å². The fraction of sp³-hybridized carbons (Fsp3) is 0.286. The van der Waals surface area contributed by atoms with Gasteiger partial charge in [-0.3, -0.25) is 4.79 Å². The zero-order valence-electron chi connectivity index (χ0n) is 10.6. The molecule has 0 saturated carbocycles. The van der Waals surface area contributed by atoms with E-state index in [0.717, 1.165) is 12.0 Å². The summed E-state index contributed by atoms with van der Waals surface area (Å²) in [7, 11) is 1.54. The molecule has 94 valence electrons. The molecule has 0 radical (unpaired) electrons. The molecule has 0 atom stereocenters. The zero-order valence-corrected chi connectivity index (χ0v) is 10.6. The first-order valence-corrected chi connectivity index (χ1v) is 5.67. The van der Waals surface area contributed by atoms with Gasteiger partial charge in [-0.1, -0.05) is 24.3 Å². The SMILES string of the molecule is COc1cccc(C=CCCNC(C)=O)c1C#N. The maximum atomic E-state index is 10.7. The van der Waals surface area contributed by atoms with Crippen LogP contribution in [0.25, 0.3) is 6.08 Å². The molecule has 1 amide bonds. The highest BCUT2D eigenvalue weighted by molar-refractivity contribution is 5.72. The number of benzene rings is 1. The summed E-state index contributed by atoms with van der Waals surface area (Å²) in [5.74, 6) is 0.531. The second-order valence-electron chi connectivity index (χ2n) is 3.71. The van der Waals surface area contributed by atoms with Gasteiger partial charge < -0.3 is 10.1 Å². The molecule has 4 heteroatoms. The molecule has 0 aliphatic rings. The number of hydrogen-bond donors (Lipinski definition) is 1. The first-order chi connectivity index (χ1) is 8.69. The number of nitriles is 1. The Morgan fingerprint density at radius 1 is 1.56 bits per heavy atom. The third-order valence-corrected chi connectivity index (χ3v) is 2.37. The van der Waals surface area contributed by atoms with Crippen molar-refractivity contribution in [2.75, 3.05) is 13.7 Å². The van der Waals surface area contributed by atoms with Crippen LogP contribution < -0.4 is 10.1 Å². The third-order valence-electron chi connectivity index (χ3n) is 2.37. The van der Waals surface area contributed by atoms with Crippen molar-refractivity contribution in [1.29, 1.82) is 5.26 Å². The predicted molar refractivity (Wildman–Crippen MR) is 70.0 cm³/mol. The number of hydrogen-bond acceptors (Lipinski definition) is 3. The predicted octanol–water partition coefficient (Wildman–Crippen LogP) is 2.11. The Labute approximate surface area is 107 Å². The van der Waals surface area contributed by atoms with E-state index in [1.165, 1.54) is 6.92 Å². The lowest BCUT2D eigenvalue weighted by Gasteiger charge is -2.04. The van der Waals surface area contributed by atoms with Crippen LogP contribution in [0.3, 0.4) is 0 Å². The van der Waals surface area contributed by atoms with Gasteiger partial charge in [0.25, 0.3) is 0 Å². The first-order valence-electron chi connectivity index (χ1n) is 5.67. The number of nitrogens with one attached hydrogen (secondary N) is 1. The molecule has 1 aromatic rings. The number of carbonyl (C=O) groups excluding carboxylic acids is 1. The Morgan fingerprint density at radius 2 is 2.33 bits per heavy atom. The van der Waals surface area contributed by atoms with Crippen molar-refractivity contribution in [3.8, 4) is 11.8 Å². The summed E-state index contributed by atoms with van der Waals surface area (Å²) in [6.07, 6.45) is 4.51. The topological polar surface area (TPSA) is 62.1 Å². The highest BCUT2D eigenvalue weighted by Gasteiger charge is 2.05. The number of nitrogens with zero attached hydrogens (tertiary/aromatic N) is 1. The van der Waals surface area contributed by atoms with Crippen molar-refractivity contribution in [3.63, 3.8) is 0 Å². The monoisotopic (exact) mass is 244 g/mol. The second kappa shape index (κ2) is 7.13. The normalized spacial score (nSPS) is 10.1. The van der Waals surface area contributed by atoms with Crippen LogP contribution in [0, 0.1) is 11.3 Å². The molecular weight excluding hydrogens is 228 g/mol. The van der Waals surface area contributed by atoms with Gasteiger partial charge in [0.05, 0.1) is 7.11 Å². The Kier molecular flexibility index (Phi) is 5.46. The zero-order chi connectivity index (χ0) is 13.4. The van der Waals surface area contributed by atoms with E-state index < -0.39 is 0 Å². The highest BCUT2D eigenvalue weighted by Crippen LogP contribution is 2.22. The quantitative estimate of drug-likeness (QED) is 0.807. The Morgan fingerprint density at radius 3 is 2.94 bits per heavy atom. The molecule has 0 bridgehead atoms. The Balaban J connectivity index is 2.70. The number of rotatable bonds is 5. The molecule has 0 fully saturated rings. The molecular formula is C14H16N2O2. The van der Waals surface area contributed by atoms with E-state index in [1.807, 2.05) is 24.3 Å². The summed E-state index contributed by atoms with van der Waals surface area (Å²) in [6.45, 7) is 2.08. The molecule has 0 aromatic heterocycles. The van der Waals surface area contributed by atoms with Crippen LogP contribution in [-0.4, -0.2) is 19.6 Å². The third kappa shape index (κ3) is 3.95. The molecule has 0 spiro atoms. The molecule has 4 nitrogen and oxygen atoms in total. The van der Waals surface area contributed by atoms with Crippen molar-refractivity contribution in [3.05, 3.63) is 35.4 Å². The van der Waals surface area contributed by atoms with Crippen molar-refractivity contribution in [1.82, 2.24) is 5.32 Å². The van der Waals surface area contributed by atoms with Crippen LogP contribution in [0.1, 0.15) is 24.5 Å². The van der Waals surface area contributed by atoms with Crippen LogP contribution in [-0.2, 0) is 4.79 Å². The van der Waals surface area contributed by atoms with Gasteiger partial charge in [0.2, 0.25) is 5.91 Å². The summed E-state index contributed by atoms with van der Waals surface area (Å²) in [5, 5.41) is 11.8. The summed E-state index contributed by atoms with van der Waals surface area (Å²) >= 11 is 0. The molecule has 18 heavy (non-hydrogen) atoms. The van der Waals surface area contributed by atoms with Gasteiger partial charge in [0, 0.05) is 13.5 Å². The van der Waals surface area contributed by atoms with Crippen LogP contribution >= 0.6 is 0 Å². The molecule has 1 aromatic carbocycles. The molecule has 1 N–H and O–H groups in total. The van der Waals surface area contributed by atoms with E-state index in [2.05, 4.69) is 11.4 Å². The van der Waals surface area contributed by atoms with Gasteiger partial charge in [-0.25, -0.2) is 0 Å². The van der Waals surface area contributed by atoms with Gasteiger partial charge in [-0.05, 0) is 18.1 Å². The number of amides is 1. The summed E-state index contributed by atoms with van der Waals surface area (Å²) in [6, 6.07) is 7.58. The average Bonchev–Trinajstić information content (AvgIpc) is 2.37. The van der Waals surface area contributed by atoms with E-state index in [0.29, 0.717) is 17.9 Å². The lowest BCUT2D eigenvalue weighted by atomic mass is 10.1. The van der Waals surface area contributed by atoms with E-state index in [4.69, 9.17) is 10.00 Å². The fourth-order valence-electron chi connectivity index (χ4n) is 1.52. The van der Waals surface area contributed by atoms with E-state index >= 15 is 0 Å². The molecule has 0 aliphatic carbocycles. The summed E-state index contributed by atoms with van der Waals surface area (Å²) in [4.78, 5) is 10.7. The molecule has 0 aliphatic heterocycles. The second-order valence-corrected chi connectivity index (χ2v) is 3.71. The molecule has 1 rings (SSSR count). The van der Waals surface area contributed by atoms with E-state index in [9.17, 15) is 4.79 Å². The summed E-state index contributed by atoms with van der Waals surface area (Å²) in [5.41, 5.74) is 1.34. The molecule has 0 unspecified atom stereocenters. The van der Waals surface area contributed by atoms with Gasteiger partial charge in [0.15, 0.2) is 0 Å². The van der Waals surface area contributed by atoms with Crippen LogP contribution in [0.15, 0.2) is 24.3 Å². The summed E-state index contributed by atoms with van der Waals surface area (Å²) < 4.78 is 5.12. The van der Waals surface area contributed by atoms with Gasteiger partial charge in [-0.2, -0.15) is 5.26 Å². The largest absolute Gasteiger partial charge is 0.495 e. The number of methoxy groups -OCH3 is 1. The smallest absolute Gasteiger partial charge is 0.216 e. The maximum absolute atomic E-state index is 10.7. The van der Waals surface area contributed by atoms with Crippen molar-refractivity contribution >= 4 is 12.0 Å². The van der Waals surface area contributed by atoms with Gasteiger partial charge in [0.1, 0.15) is 17.4 Å². The van der Waals surface area contributed by atoms with Crippen LogP contribution in [0.4, 0.5) is 0 Å². The van der Waals surface area contributed by atoms with Crippen LogP contribution in [0.5, 0.6) is 5.75 Å². The lowest BCUT2D eigenvalue weighted by molar-refractivity contribution is -0.118. The molecule has 0 heterocycles. The standard InChI is InChI=1S/C14H16N2O2/c1-11(17)16-9-4-3-6-12-7-5-8-14(18-2)13(12)10-15/h3,5-8H,4,9H2,1-2H3,(H,16,17). The molecule has 0 saturated heterocycles. The van der Waals surface area contributed by atoms with Crippen molar-refractivity contribution in [2.24, 2.45) is 0 Å². The minimum Gasteiger partial charge on any atom is -0.495 e. The van der Waals surface area contributed by atoms with Crippen LogP contribution in [0.2, 0.25) is 0 Å². The number of ether oxygens (including phenoxy) is 1. The van der Waals surface area contributed by atoms with Gasteiger partial charge >= 0.3 is 0 Å². The Bertz CT molecular complexity index is 487. The van der Waals surface area contributed by atoms with Crippen molar-refractivity contribution < 1.29 is 9.53 Å². The highest BCUT2D eigenvalue weighted by atomic mass is 16.5. The number of carbonyl (C=O) groups is 1. The first kappa shape index (κ1) is 13.8. The lowest BCUT2D eigenvalue weighted by Crippen LogP contribution is -2.20. The fourth-order valence-corrected chi connectivity index (χ4v) is 1.52.